The summed E-state index contributed by atoms with van der Waals surface area (Å²) in [5, 5.41) is 58.8. The summed E-state index contributed by atoms with van der Waals surface area (Å²) in [5.74, 6) is -16.0. The number of para-hydroxylation sites is 1. The first-order chi connectivity index (χ1) is 41.0. The molecule has 11 amide bonds. The monoisotopic (exact) mass is 1230 g/mol. The molecule has 0 saturated carbocycles. The Kier molecular flexibility index (Phi) is 27.0. The van der Waals surface area contributed by atoms with E-state index in [1.807, 2.05) is 24.3 Å². The maximum Gasteiger partial charge on any atom is 0.326 e. The molecule has 0 unspecified atom stereocenters. The van der Waals surface area contributed by atoms with Gasteiger partial charge in [0.1, 0.15) is 59.8 Å². The van der Waals surface area contributed by atoms with Crippen molar-refractivity contribution in [2.75, 3.05) is 5.75 Å². The smallest absolute Gasteiger partial charge is 0.326 e. The molecule has 1 heterocycles. The van der Waals surface area contributed by atoms with Crippen molar-refractivity contribution in [3.63, 3.8) is 0 Å². The molecule has 3 aromatic carbocycles. The fraction of sp³-hybridized carbons (Fsp3) is 0.411. The van der Waals surface area contributed by atoms with Gasteiger partial charge >= 0.3 is 11.9 Å². The molecule has 0 aliphatic rings. The van der Waals surface area contributed by atoms with E-state index in [1.54, 1.807) is 20.0 Å². The number of benzene rings is 3. The normalized spacial score (nSPS) is 14.2. The van der Waals surface area contributed by atoms with Gasteiger partial charge in [-0.3, -0.25) is 57.5 Å². The molecule has 470 valence electrons. The Balaban J connectivity index is 1.59. The first kappa shape index (κ1) is 69.7. The first-order valence-corrected chi connectivity index (χ1v) is 27.9. The van der Waals surface area contributed by atoms with Crippen LogP contribution in [0.1, 0.15) is 75.5 Å². The van der Waals surface area contributed by atoms with Crippen molar-refractivity contribution >= 4 is 100 Å². The number of rotatable bonds is 36. The average Bonchev–Trinajstić information content (AvgIpc) is 3.08. The Labute approximate surface area is 503 Å². The van der Waals surface area contributed by atoms with E-state index in [-0.39, 0.29) is 30.8 Å². The van der Waals surface area contributed by atoms with Crippen LogP contribution in [0.3, 0.4) is 0 Å². The number of aromatic nitrogens is 1. The van der Waals surface area contributed by atoms with Gasteiger partial charge in [0.15, 0.2) is 0 Å². The van der Waals surface area contributed by atoms with Gasteiger partial charge in [0.05, 0.1) is 18.9 Å². The van der Waals surface area contributed by atoms with E-state index < -0.39 is 188 Å². The van der Waals surface area contributed by atoms with Crippen LogP contribution < -0.4 is 65.5 Å². The molecule has 4 aromatic rings. The zero-order valence-corrected chi connectivity index (χ0v) is 48.3. The van der Waals surface area contributed by atoms with Crippen LogP contribution in [0, 0.1) is 5.92 Å². The Morgan fingerprint density at radius 2 is 0.885 bits per heavy atom. The number of aromatic hydroxyl groups is 2. The van der Waals surface area contributed by atoms with Crippen LogP contribution in [0.15, 0.2) is 79.0 Å². The van der Waals surface area contributed by atoms with Gasteiger partial charge in [-0.15, -0.1) is 0 Å². The highest BCUT2D eigenvalue weighted by Gasteiger charge is 2.36. The molecule has 0 fully saturated rings. The van der Waals surface area contributed by atoms with E-state index in [1.165, 1.54) is 48.5 Å². The molecule has 0 spiro atoms. The molecule has 31 heteroatoms. The first-order valence-electron chi connectivity index (χ1n) is 27.2. The topological polar surface area (TPSA) is 519 Å². The highest BCUT2D eigenvalue weighted by Crippen LogP contribution is 2.20. The number of carboxylic acids is 2. The van der Waals surface area contributed by atoms with Crippen molar-refractivity contribution in [2.24, 2.45) is 28.9 Å². The number of fused-ring (bicyclic) bond motifs is 1. The summed E-state index contributed by atoms with van der Waals surface area (Å²) in [7, 11) is 0. The predicted molar refractivity (Wildman–Crippen MR) is 313 cm³/mol. The Hall–Kier alpha value is -9.78. The molecule has 21 N–H and O–H groups in total. The van der Waals surface area contributed by atoms with Gasteiger partial charge in [0.25, 0.3) is 0 Å². The molecular formula is C56H73N13O17S. The van der Waals surface area contributed by atoms with E-state index >= 15 is 0 Å². The maximum absolute atomic E-state index is 14.3. The van der Waals surface area contributed by atoms with Crippen LogP contribution in [0.25, 0.3) is 10.9 Å². The number of amides is 11. The van der Waals surface area contributed by atoms with Gasteiger partial charge in [-0.25, -0.2) is 4.79 Å². The minimum atomic E-state index is -1.97. The summed E-state index contributed by atoms with van der Waals surface area (Å²) in [6, 6.07) is 3.40. The van der Waals surface area contributed by atoms with E-state index in [2.05, 4.69) is 60.1 Å². The predicted octanol–water partition coefficient (Wildman–Crippen LogP) is -3.25. The molecule has 0 radical (unpaired) electrons. The van der Waals surface area contributed by atoms with Crippen molar-refractivity contribution in [2.45, 2.75) is 132 Å². The number of aromatic amines is 1. The molecule has 0 aliphatic heterocycles. The van der Waals surface area contributed by atoms with Crippen LogP contribution in [-0.4, -0.2) is 162 Å². The van der Waals surface area contributed by atoms with Crippen LogP contribution in [0.5, 0.6) is 11.5 Å². The highest BCUT2D eigenvalue weighted by molar-refractivity contribution is 7.80. The molecule has 4 rings (SSSR count). The second-order valence-electron chi connectivity index (χ2n) is 20.8. The molecular weight excluding hydrogens is 1160 g/mol. The lowest BCUT2D eigenvalue weighted by Gasteiger charge is -2.28. The summed E-state index contributed by atoms with van der Waals surface area (Å²) in [4.78, 5) is 175. The zero-order chi connectivity index (χ0) is 64.7. The molecule has 0 aliphatic carbocycles. The number of hydrogen-bond donors (Lipinski definition) is 18. The van der Waals surface area contributed by atoms with Crippen molar-refractivity contribution in [3.8, 4) is 11.5 Å². The van der Waals surface area contributed by atoms with Crippen molar-refractivity contribution in [1.82, 2.24) is 47.5 Å². The molecule has 30 nitrogen and oxygen atoms in total. The van der Waals surface area contributed by atoms with E-state index in [0.29, 0.717) is 16.7 Å². The van der Waals surface area contributed by atoms with Gasteiger partial charge in [0.2, 0.25) is 65.0 Å². The summed E-state index contributed by atoms with van der Waals surface area (Å²) in [6.45, 7) is 3.31. The third kappa shape index (κ3) is 23.3. The summed E-state index contributed by atoms with van der Waals surface area (Å²) in [6.07, 6.45) is -3.19. The third-order valence-corrected chi connectivity index (χ3v) is 13.6. The van der Waals surface area contributed by atoms with Crippen LogP contribution in [0.4, 0.5) is 0 Å². The molecule has 0 bridgehead atoms. The average molecular weight is 1230 g/mol. The number of H-pyrrole nitrogens is 1. The van der Waals surface area contributed by atoms with Crippen LogP contribution >= 0.6 is 12.6 Å². The molecule has 9 atom stereocenters. The number of carbonyl (C=O) groups is 13. The standard InChI is InChI=1S/C56H73N13O17S/c1-27(2)19-38(65-49(78)36(15-17-44(58)72)62-52(81)39(20-28-7-11-31(70)12-8-28)64-48(77)34(57)22-30-25-61-35-6-4-3-5-33(30)35)51(80)63-37(16-18-47(75)76)50(79)67-41(23-45(59)73)54(83)66-40(21-29-9-13-32(71)14-10-29)53(82)69-43(26-87)55(84)68-42(56(85)86)24-46(60)74/h3-14,25,27,34,36-43,61,70-71,87H,15-24,26,57H2,1-2H3,(H2,58,72)(H2,59,73)(H2,60,74)(H,62,81)(H,63,80)(H,64,77)(H,65,78)(H,66,83)(H,67,79)(H,68,84)(H,69,82)(H,75,76)(H,85,86)/t34-,36-,37-,38-,39-,40-,41-,42-,43-/m0/s1. The summed E-state index contributed by atoms with van der Waals surface area (Å²) in [5.41, 5.74) is 24.7. The minimum absolute atomic E-state index is 0.0457. The number of phenolic OH excluding ortho intramolecular Hbond substituents is 2. The minimum Gasteiger partial charge on any atom is -0.508 e. The van der Waals surface area contributed by atoms with E-state index in [4.69, 9.17) is 22.9 Å². The lowest BCUT2D eigenvalue weighted by molar-refractivity contribution is -0.143. The fourth-order valence-electron chi connectivity index (χ4n) is 8.77. The number of phenols is 2. The van der Waals surface area contributed by atoms with Gasteiger partial charge in [0, 0.05) is 48.5 Å². The molecule has 87 heavy (non-hydrogen) atoms. The molecule has 0 saturated heterocycles. The Bertz CT molecular complexity index is 3140. The van der Waals surface area contributed by atoms with Crippen LogP contribution in [0.2, 0.25) is 0 Å². The van der Waals surface area contributed by atoms with Gasteiger partial charge in [-0.1, -0.05) is 56.3 Å². The number of nitrogens with one attached hydrogen (secondary N) is 9. The summed E-state index contributed by atoms with van der Waals surface area (Å²) < 4.78 is 0. The highest BCUT2D eigenvalue weighted by atomic mass is 32.1. The fourth-order valence-corrected chi connectivity index (χ4v) is 9.03. The van der Waals surface area contributed by atoms with Gasteiger partial charge < -0.3 is 90.9 Å². The maximum atomic E-state index is 14.3. The number of hydrogen-bond acceptors (Lipinski definition) is 17. The lowest BCUT2D eigenvalue weighted by Crippen LogP contribution is -2.61. The number of nitrogens with two attached hydrogens (primary N) is 4. The Morgan fingerprint density at radius 1 is 0.483 bits per heavy atom. The van der Waals surface area contributed by atoms with Crippen LogP contribution in [-0.2, 0) is 81.6 Å². The second kappa shape index (κ2) is 33.6. The number of carbonyl (C=O) groups excluding carboxylic acids is 11. The van der Waals surface area contributed by atoms with Crippen molar-refractivity contribution < 1.29 is 82.8 Å². The van der Waals surface area contributed by atoms with E-state index in [0.717, 1.165) is 10.9 Å². The van der Waals surface area contributed by atoms with Crippen molar-refractivity contribution in [1.29, 1.82) is 0 Å². The van der Waals surface area contributed by atoms with Gasteiger partial charge in [-0.2, -0.15) is 12.6 Å². The Morgan fingerprint density at radius 3 is 1.37 bits per heavy atom. The largest absolute Gasteiger partial charge is 0.508 e. The number of aliphatic carboxylic acids is 2. The second-order valence-corrected chi connectivity index (χ2v) is 21.2. The third-order valence-electron chi connectivity index (χ3n) is 13.3. The lowest BCUT2D eigenvalue weighted by atomic mass is 10.00. The summed E-state index contributed by atoms with van der Waals surface area (Å²) >= 11 is 4.07. The van der Waals surface area contributed by atoms with E-state index in [9.17, 15) is 82.8 Å². The zero-order valence-electron chi connectivity index (χ0n) is 47.4. The van der Waals surface area contributed by atoms with Gasteiger partial charge in [-0.05, 0) is 78.6 Å². The number of primary amides is 3. The number of carboxylic acid groups (broad SMARTS) is 2. The number of thiol groups is 1. The van der Waals surface area contributed by atoms with Crippen molar-refractivity contribution in [3.05, 3.63) is 95.7 Å². The molecule has 1 aromatic heterocycles. The quantitative estimate of drug-likeness (QED) is 0.0199. The SMILES string of the molecule is CC(C)C[C@H](NC(=O)[C@H](CCC(N)=O)NC(=O)[C@H](Cc1ccc(O)cc1)NC(=O)[C@@H](N)Cc1c[nH]c2ccccc12)C(=O)N[C@@H](CCC(=O)O)C(=O)N[C@@H](CC(N)=O)C(=O)N[C@@H](Cc1ccc(O)cc1)C(=O)N[C@@H](CS)C(=O)N[C@@H](CC(N)=O)C(=O)O.